The molecule has 1 aliphatic rings. The molecule has 2 N–H and O–H groups in total. The van der Waals surface area contributed by atoms with Gasteiger partial charge in [-0.25, -0.2) is 4.39 Å². The molecular weight excluding hydrogens is 466 g/mol. The SMILES string of the molecule is CN=C(NCC(C)SC)NCC(c1ccc(F)cc1)N1CCOCC1.I. The van der Waals surface area contributed by atoms with Crippen molar-refractivity contribution in [2.75, 3.05) is 52.7 Å². The van der Waals surface area contributed by atoms with E-state index in [-0.39, 0.29) is 35.8 Å². The Hall–Kier alpha value is -0.580. The van der Waals surface area contributed by atoms with Crippen LogP contribution in [0.3, 0.4) is 0 Å². The highest BCUT2D eigenvalue weighted by Gasteiger charge is 2.23. The Bertz CT molecular complexity index is 540. The fourth-order valence-electron chi connectivity index (χ4n) is 2.77. The van der Waals surface area contributed by atoms with Crippen molar-refractivity contribution in [3.8, 4) is 0 Å². The fourth-order valence-corrected chi connectivity index (χ4v) is 3.02. The van der Waals surface area contributed by atoms with Gasteiger partial charge in [0.15, 0.2) is 5.96 Å². The van der Waals surface area contributed by atoms with E-state index in [1.807, 2.05) is 23.9 Å². The Kier molecular flexibility index (Phi) is 11.5. The van der Waals surface area contributed by atoms with E-state index in [4.69, 9.17) is 4.74 Å². The number of hydrogen-bond donors (Lipinski definition) is 2. The summed E-state index contributed by atoms with van der Waals surface area (Å²) >= 11 is 1.82. The lowest BCUT2D eigenvalue weighted by Crippen LogP contribution is -2.47. The second kappa shape index (κ2) is 12.7. The van der Waals surface area contributed by atoms with E-state index >= 15 is 0 Å². The molecule has 0 bridgehead atoms. The minimum absolute atomic E-state index is 0. The van der Waals surface area contributed by atoms with Gasteiger partial charge in [0.05, 0.1) is 19.3 Å². The van der Waals surface area contributed by atoms with Crippen LogP contribution in [0.1, 0.15) is 18.5 Å². The molecule has 1 saturated heterocycles. The standard InChI is InChI=1S/C18H29FN4OS.HI/c1-14(25-3)12-21-18(20-2)22-13-17(23-8-10-24-11-9-23)15-4-6-16(19)7-5-15;/h4-7,14,17H,8-13H2,1-3H3,(H2,20,21,22);1H. The second-order valence-electron chi connectivity index (χ2n) is 6.10. The molecule has 0 radical (unpaired) electrons. The molecule has 1 fully saturated rings. The summed E-state index contributed by atoms with van der Waals surface area (Å²) in [6, 6.07) is 6.93. The van der Waals surface area contributed by atoms with Gasteiger partial charge in [0.1, 0.15) is 5.82 Å². The van der Waals surface area contributed by atoms with Crippen LogP contribution in [0.4, 0.5) is 4.39 Å². The molecule has 26 heavy (non-hydrogen) atoms. The Labute approximate surface area is 177 Å². The first-order valence-corrected chi connectivity index (χ1v) is 9.97. The molecule has 1 aromatic carbocycles. The molecule has 1 aromatic rings. The van der Waals surface area contributed by atoms with Gasteiger partial charge in [-0.3, -0.25) is 9.89 Å². The maximum absolute atomic E-state index is 13.3. The summed E-state index contributed by atoms with van der Waals surface area (Å²) in [5.41, 5.74) is 1.10. The Morgan fingerprint density at radius 3 is 2.42 bits per heavy atom. The molecular formula is C18H30FIN4OS. The van der Waals surface area contributed by atoms with Crippen LogP contribution in [-0.4, -0.2) is 68.8 Å². The predicted molar refractivity (Wildman–Crippen MR) is 119 cm³/mol. The quantitative estimate of drug-likeness (QED) is 0.346. The summed E-state index contributed by atoms with van der Waals surface area (Å²) in [5.74, 6) is 0.585. The first-order chi connectivity index (χ1) is 12.1. The third kappa shape index (κ3) is 7.58. The number of hydrogen-bond acceptors (Lipinski definition) is 4. The summed E-state index contributed by atoms with van der Waals surface area (Å²) in [5, 5.41) is 7.29. The molecule has 2 rings (SSSR count). The van der Waals surface area contributed by atoms with E-state index in [2.05, 4.69) is 33.7 Å². The third-order valence-corrected chi connectivity index (χ3v) is 5.36. The summed E-state index contributed by atoms with van der Waals surface area (Å²) in [6.07, 6.45) is 2.10. The number of guanidine groups is 1. The molecule has 0 aliphatic carbocycles. The largest absolute Gasteiger partial charge is 0.379 e. The monoisotopic (exact) mass is 496 g/mol. The fraction of sp³-hybridized carbons (Fsp3) is 0.611. The normalized spacial score (nSPS) is 17.9. The van der Waals surface area contributed by atoms with Gasteiger partial charge < -0.3 is 15.4 Å². The molecule has 1 aliphatic heterocycles. The van der Waals surface area contributed by atoms with Crippen LogP contribution in [0.15, 0.2) is 29.3 Å². The topological polar surface area (TPSA) is 48.9 Å². The molecule has 0 aromatic heterocycles. The maximum Gasteiger partial charge on any atom is 0.191 e. The van der Waals surface area contributed by atoms with Crippen molar-refractivity contribution >= 4 is 41.7 Å². The number of morpholine rings is 1. The van der Waals surface area contributed by atoms with Crippen molar-refractivity contribution in [3.05, 3.63) is 35.6 Å². The number of aliphatic imine (C=N–C) groups is 1. The summed E-state index contributed by atoms with van der Waals surface area (Å²) in [7, 11) is 1.78. The molecule has 2 unspecified atom stereocenters. The Morgan fingerprint density at radius 1 is 1.23 bits per heavy atom. The van der Waals surface area contributed by atoms with Crippen molar-refractivity contribution in [2.45, 2.75) is 18.2 Å². The molecule has 2 atom stereocenters. The average Bonchev–Trinajstić information content (AvgIpc) is 2.66. The van der Waals surface area contributed by atoms with Gasteiger partial charge >= 0.3 is 0 Å². The van der Waals surface area contributed by atoms with Gasteiger partial charge in [-0.15, -0.1) is 24.0 Å². The van der Waals surface area contributed by atoms with Crippen LogP contribution in [-0.2, 0) is 4.74 Å². The highest BCUT2D eigenvalue weighted by molar-refractivity contribution is 14.0. The Balaban J connectivity index is 0.00000338. The molecule has 8 heteroatoms. The summed E-state index contributed by atoms with van der Waals surface area (Å²) in [4.78, 5) is 6.68. The van der Waals surface area contributed by atoms with Crippen LogP contribution in [0, 0.1) is 5.82 Å². The Morgan fingerprint density at radius 2 is 1.85 bits per heavy atom. The van der Waals surface area contributed by atoms with Gasteiger partial charge in [0.25, 0.3) is 0 Å². The zero-order chi connectivity index (χ0) is 18.1. The van der Waals surface area contributed by atoms with Crippen molar-refractivity contribution in [1.82, 2.24) is 15.5 Å². The van der Waals surface area contributed by atoms with E-state index in [0.29, 0.717) is 11.8 Å². The van der Waals surface area contributed by atoms with Crippen molar-refractivity contribution < 1.29 is 9.13 Å². The van der Waals surface area contributed by atoms with Gasteiger partial charge in [-0.1, -0.05) is 19.1 Å². The molecule has 1 heterocycles. The molecule has 0 saturated carbocycles. The van der Waals surface area contributed by atoms with Gasteiger partial charge in [-0.05, 0) is 24.0 Å². The number of benzene rings is 1. The molecule has 148 valence electrons. The van der Waals surface area contributed by atoms with Crippen molar-refractivity contribution in [3.63, 3.8) is 0 Å². The van der Waals surface area contributed by atoms with Crippen LogP contribution in [0.25, 0.3) is 0 Å². The van der Waals surface area contributed by atoms with E-state index < -0.39 is 0 Å². The van der Waals surface area contributed by atoms with Crippen LogP contribution in [0.5, 0.6) is 0 Å². The minimum Gasteiger partial charge on any atom is -0.379 e. The molecule has 0 spiro atoms. The number of halogens is 2. The molecule has 5 nitrogen and oxygen atoms in total. The third-order valence-electron chi connectivity index (χ3n) is 4.39. The number of rotatable bonds is 7. The number of nitrogens with zero attached hydrogens (tertiary/aromatic N) is 2. The average molecular weight is 496 g/mol. The lowest BCUT2D eigenvalue weighted by molar-refractivity contribution is 0.0170. The van der Waals surface area contributed by atoms with Gasteiger partial charge in [0, 0.05) is 38.5 Å². The number of nitrogens with one attached hydrogen (secondary N) is 2. The van der Waals surface area contributed by atoms with E-state index in [0.717, 1.165) is 44.4 Å². The smallest absolute Gasteiger partial charge is 0.191 e. The van der Waals surface area contributed by atoms with E-state index in [1.165, 1.54) is 12.1 Å². The zero-order valence-corrected chi connectivity index (χ0v) is 18.9. The molecule has 0 amide bonds. The highest BCUT2D eigenvalue weighted by atomic mass is 127. The van der Waals surface area contributed by atoms with Crippen molar-refractivity contribution in [2.24, 2.45) is 4.99 Å². The summed E-state index contributed by atoms with van der Waals surface area (Å²) < 4.78 is 18.8. The van der Waals surface area contributed by atoms with Crippen LogP contribution in [0.2, 0.25) is 0 Å². The summed E-state index contributed by atoms with van der Waals surface area (Å²) in [6.45, 7) is 6.96. The van der Waals surface area contributed by atoms with Gasteiger partial charge in [-0.2, -0.15) is 11.8 Å². The van der Waals surface area contributed by atoms with E-state index in [9.17, 15) is 4.39 Å². The van der Waals surface area contributed by atoms with Crippen molar-refractivity contribution in [1.29, 1.82) is 0 Å². The number of ether oxygens (including phenoxy) is 1. The lowest BCUT2D eigenvalue weighted by atomic mass is 10.0. The van der Waals surface area contributed by atoms with E-state index in [1.54, 1.807) is 7.05 Å². The van der Waals surface area contributed by atoms with Crippen LogP contribution < -0.4 is 10.6 Å². The second-order valence-corrected chi connectivity index (χ2v) is 7.37. The predicted octanol–water partition coefficient (Wildman–Crippen LogP) is 2.73. The maximum atomic E-state index is 13.3. The van der Waals surface area contributed by atoms with Gasteiger partial charge in [0.2, 0.25) is 0 Å². The first kappa shape index (κ1) is 23.5. The highest BCUT2D eigenvalue weighted by Crippen LogP contribution is 2.21. The first-order valence-electron chi connectivity index (χ1n) is 8.68. The van der Waals surface area contributed by atoms with Crippen LogP contribution >= 0.6 is 35.7 Å². The minimum atomic E-state index is -0.207. The lowest BCUT2D eigenvalue weighted by Gasteiger charge is -2.35. The number of thioether (sulfide) groups is 1. The zero-order valence-electron chi connectivity index (χ0n) is 15.7.